The van der Waals surface area contributed by atoms with Gasteiger partial charge in [-0.3, -0.25) is 0 Å². The number of para-hydroxylation sites is 1. The molecule has 84 valence electrons. The molecule has 0 amide bonds. The minimum atomic E-state index is -0.258. The van der Waals surface area contributed by atoms with Gasteiger partial charge in [0.15, 0.2) is 0 Å². The molecule has 1 aromatic heterocycles. The second-order valence-electron chi connectivity index (χ2n) is 3.39. The second kappa shape index (κ2) is 4.44. The van der Waals surface area contributed by atoms with Crippen molar-refractivity contribution in [1.82, 2.24) is 9.59 Å². The Bertz CT molecular complexity index is 485. The van der Waals surface area contributed by atoms with E-state index >= 15 is 0 Å². The first-order chi connectivity index (χ1) is 7.68. The summed E-state index contributed by atoms with van der Waals surface area (Å²) in [6.45, 7) is 0.448. The van der Waals surface area contributed by atoms with Gasteiger partial charge in [0.2, 0.25) is 0 Å². The van der Waals surface area contributed by atoms with Gasteiger partial charge in [-0.2, -0.15) is 0 Å². The van der Waals surface area contributed by atoms with Crippen molar-refractivity contribution in [2.24, 2.45) is 0 Å². The molecule has 0 atom stereocenters. The topological polar surface area (TPSA) is 55.0 Å². The average molecular weight is 238 g/mol. The minimum Gasteiger partial charge on any atom is -0.388 e. The maximum Gasteiger partial charge on any atom is 0.146 e. The monoisotopic (exact) mass is 238 g/mol. The molecule has 0 fully saturated rings. The van der Waals surface area contributed by atoms with E-state index in [0.717, 1.165) is 11.5 Å². The molecule has 4 nitrogen and oxygen atoms in total. The third-order valence-electron chi connectivity index (χ3n) is 2.24. The number of anilines is 2. The predicted molar refractivity (Wildman–Crippen MR) is 62.8 cm³/mol. The predicted octanol–water partition coefficient (Wildman–Crippen LogP) is 1.90. The summed E-state index contributed by atoms with van der Waals surface area (Å²) in [4.78, 5) is 1.75. The largest absolute Gasteiger partial charge is 0.388 e. The van der Waals surface area contributed by atoms with Crippen LogP contribution >= 0.6 is 11.5 Å². The van der Waals surface area contributed by atoms with Crippen molar-refractivity contribution in [1.29, 1.82) is 0 Å². The fourth-order valence-corrected chi connectivity index (χ4v) is 1.83. The number of hydrogen-bond donors (Lipinski definition) is 1. The summed E-state index contributed by atoms with van der Waals surface area (Å²) in [7, 11) is 1.79. The zero-order chi connectivity index (χ0) is 11.5. The van der Waals surface area contributed by atoms with Gasteiger partial charge in [0, 0.05) is 18.6 Å². The first-order valence-corrected chi connectivity index (χ1v) is 5.48. The van der Waals surface area contributed by atoms with Gasteiger partial charge in [-0.05, 0) is 12.1 Å². The number of nitrogens with two attached hydrogens (primary N) is 1. The lowest BCUT2D eigenvalue weighted by molar-refractivity contribution is 0.621. The zero-order valence-electron chi connectivity index (χ0n) is 8.72. The number of aromatic nitrogens is 2. The van der Waals surface area contributed by atoms with Crippen LogP contribution in [0.5, 0.6) is 0 Å². The standard InChI is InChI=1S/C10H11FN4S/c1-15(6-8-10(12)16-14-13-8)9-5-3-2-4-7(9)11/h2-5H,6,12H2,1H3. The van der Waals surface area contributed by atoms with E-state index in [0.29, 0.717) is 22.9 Å². The minimum absolute atomic E-state index is 0.258. The lowest BCUT2D eigenvalue weighted by Crippen LogP contribution is -2.18. The van der Waals surface area contributed by atoms with Gasteiger partial charge < -0.3 is 10.6 Å². The maximum absolute atomic E-state index is 13.5. The van der Waals surface area contributed by atoms with E-state index in [1.807, 2.05) is 0 Å². The van der Waals surface area contributed by atoms with Crippen LogP contribution in [0.1, 0.15) is 5.69 Å². The van der Waals surface area contributed by atoms with Crippen LogP contribution in [0.4, 0.5) is 15.1 Å². The maximum atomic E-state index is 13.5. The summed E-state index contributed by atoms with van der Waals surface area (Å²) in [5.41, 5.74) is 6.88. The van der Waals surface area contributed by atoms with Crippen LogP contribution in [0, 0.1) is 5.82 Å². The molecule has 0 aliphatic carbocycles. The van der Waals surface area contributed by atoms with Gasteiger partial charge in [0.25, 0.3) is 0 Å². The first-order valence-electron chi connectivity index (χ1n) is 4.71. The van der Waals surface area contributed by atoms with Crippen LogP contribution in [0.25, 0.3) is 0 Å². The van der Waals surface area contributed by atoms with Crippen molar-refractivity contribution in [3.05, 3.63) is 35.8 Å². The number of rotatable bonds is 3. The van der Waals surface area contributed by atoms with Gasteiger partial charge in [-0.1, -0.05) is 16.6 Å². The lowest BCUT2D eigenvalue weighted by atomic mass is 10.2. The third-order valence-corrected chi connectivity index (χ3v) is 2.83. The zero-order valence-corrected chi connectivity index (χ0v) is 9.54. The molecular formula is C10H11FN4S. The molecule has 1 heterocycles. The van der Waals surface area contributed by atoms with Crippen LogP contribution in [-0.2, 0) is 6.54 Å². The molecule has 2 rings (SSSR count). The molecule has 0 bridgehead atoms. The highest BCUT2D eigenvalue weighted by atomic mass is 32.1. The summed E-state index contributed by atoms with van der Waals surface area (Å²) in [6.07, 6.45) is 0. The molecule has 0 spiro atoms. The fourth-order valence-electron chi connectivity index (χ4n) is 1.40. The molecular weight excluding hydrogens is 227 g/mol. The Kier molecular flexibility index (Phi) is 3.00. The molecule has 0 saturated heterocycles. The van der Waals surface area contributed by atoms with Gasteiger partial charge in [0.05, 0.1) is 12.2 Å². The Hall–Kier alpha value is -1.69. The van der Waals surface area contributed by atoms with Crippen molar-refractivity contribution in [2.45, 2.75) is 6.54 Å². The summed E-state index contributed by atoms with van der Waals surface area (Å²) in [6, 6.07) is 6.59. The SMILES string of the molecule is CN(Cc1nnsc1N)c1ccccc1F. The van der Waals surface area contributed by atoms with Crippen molar-refractivity contribution in [3.63, 3.8) is 0 Å². The first kappa shape index (κ1) is 10.8. The Morgan fingerprint density at radius 1 is 1.44 bits per heavy atom. The molecule has 0 aliphatic heterocycles. The van der Waals surface area contributed by atoms with E-state index in [4.69, 9.17) is 5.73 Å². The summed E-state index contributed by atoms with van der Waals surface area (Å²) < 4.78 is 17.2. The van der Waals surface area contributed by atoms with E-state index in [-0.39, 0.29) is 5.82 Å². The Labute approximate surface area is 96.7 Å². The molecule has 0 unspecified atom stereocenters. The molecule has 2 N–H and O–H groups in total. The lowest BCUT2D eigenvalue weighted by Gasteiger charge is -2.18. The highest BCUT2D eigenvalue weighted by Crippen LogP contribution is 2.21. The highest BCUT2D eigenvalue weighted by molar-refractivity contribution is 7.09. The quantitative estimate of drug-likeness (QED) is 0.887. The summed E-state index contributed by atoms with van der Waals surface area (Å²) in [5.74, 6) is -0.258. The molecule has 1 aromatic carbocycles. The smallest absolute Gasteiger partial charge is 0.146 e. The number of hydrogen-bond acceptors (Lipinski definition) is 5. The number of nitrogen functional groups attached to an aromatic ring is 1. The van der Waals surface area contributed by atoms with Crippen molar-refractivity contribution in [3.8, 4) is 0 Å². The Morgan fingerprint density at radius 2 is 2.19 bits per heavy atom. The molecule has 0 saturated carbocycles. The van der Waals surface area contributed by atoms with E-state index in [9.17, 15) is 4.39 Å². The normalized spacial score (nSPS) is 10.4. The number of halogens is 1. The van der Waals surface area contributed by atoms with E-state index in [1.165, 1.54) is 6.07 Å². The molecule has 6 heteroatoms. The molecule has 0 radical (unpaired) electrons. The van der Waals surface area contributed by atoms with Crippen LogP contribution in [0.2, 0.25) is 0 Å². The van der Waals surface area contributed by atoms with Crippen molar-refractivity contribution < 1.29 is 4.39 Å². The van der Waals surface area contributed by atoms with Gasteiger partial charge >= 0.3 is 0 Å². The average Bonchev–Trinajstić information content (AvgIpc) is 2.65. The van der Waals surface area contributed by atoms with E-state index in [2.05, 4.69) is 9.59 Å². The van der Waals surface area contributed by atoms with E-state index in [1.54, 1.807) is 30.1 Å². The van der Waals surface area contributed by atoms with Crippen LogP contribution < -0.4 is 10.6 Å². The molecule has 0 aliphatic rings. The van der Waals surface area contributed by atoms with Crippen LogP contribution in [0.3, 0.4) is 0 Å². The van der Waals surface area contributed by atoms with Gasteiger partial charge in [0.1, 0.15) is 16.5 Å². The molecule has 16 heavy (non-hydrogen) atoms. The van der Waals surface area contributed by atoms with E-state index < -0.39 is 0 Å². The van der Waals surface area contributed by atoms with Gasteiger partial charge in [-0.25, -0.2) is 4.39 Å². The number of nitrogens with zero attached hydrogens (tertiary/aromatic N) is 3. The second-order valence-corrected chi connectivity index (χ2v) is 4.18. The Morgan fingerprint density at radius 3 is 2.81 bits per heavy atom. The van der Waals surface area contributed by atoms with Gasteiger partial charge in [-0.15, -0.1) is 5.10 Å². The van der Waals surface area contributed by atoms with Crippen LogP contribution in [0.15, 0.2) is 24.3 Å². The summed E-state index contributed by atoms with van der Waals surface area (Å²) >= 11 is 1.14. The Balaban J connectivity index is 2.18. The fraction of sp³-hybridized carbons (Fsp3) is 0.200. The number of benzene rings is 1. The third kappa shape index (κ3) is 2.11. The highest BCUT2D eigenvalue weighted by Gasteiger charge is 2.11. The molecule has 2 aromatic rings. The summed E-state index contributed by atoms with van der Waals surface area (Å²) in [5, 5.41) is 4.46. The van der Waals surface area contributed by atoms with Crippen molar-refractivity contribution in [2.75, 3.05) is 17.7 Å². The van der Waals surface area contributed by atoms with Crippen LogP contribution in [-0.4, -0.2) is 16.6 Å². The van der Waals surface area contributed by atoms with Crippen molar-refractivity contribution >= 4 is 22.2 Å².